The van der Waals surface area contributed by atoms with Gasteiger partial charge in [0.25, 0.3) is 0 Å². The fraction of sp³-hybridized carbons (Fsp3) is 0.381. The zero-order chi connectivity index (χ0) is 17.5. The number of ether oxygens (including phenoxy) is 1. The number of hydrogen-bond donors (Lipinski definition) is 0. The Labute approximate surface area is 154 Å². The van der Waals surface area contributed by atoms with Crippen LogP contribution in [0.15, 0.2) is 65.6 Å². The second-order valence-corrected chi connectivity index (χ2v) is 8.19. The van der Waals surface area contributed by atoms with Gasteiger partial charge in [-0.1, -0.05) is 48.5 Å². The van der Waals surface area contributed by atoms with E-state index < -0.39 is 0 Å². The van der Waals surface area contributed by atoms with Gasteiger partial charge in [0.05, 0.1) is 13.5 Å². The Balaban J connectivity index is 1.76. The third-order valence-corrected chi connectivity index (χ3v) is 6.06. The zero-order valence-corrected chi connectivity index (χ0v) is 15.5. The van der Waals surface area contributed by atoms with Crippen molar-refractivity contribution in [1.82, 2.24) is 4.90 Å². The molecule has 2 aromatic carbocycles. The summed E-state index contributed by atoms with van der Waals surface area (Å²) in [6, 6.07) is 20.9. The quantitative estimate of drug-likeness (QED) is 0.720. The van der Waals surface area contributed by atoms with Crippen molar-refractivity contribution in [2.24, 2.45) is 0 Å². The standard InChI is InChI=1S/C21H25NO2S/c1-24-20(23)15-21(25-19-11-6-3-7-12-19)13-8-14-22(17-21)16-18-9-4-2-5-10-18/h2-7,9-12H,8,13-17H2,1H3. The van der Waals surface area contributed by atoms with Crippen LogP contribution in [0.4, 0.5) is 0 Å². The van der Waals surface area contributed by atoms with Crippen LogP contribution in [0, 0.1) is 0 Å². The van der Waals surface area contributed by atoms with E-state index in [4.69, 9.17) is 4.74 Å². The predicted octanol–water partition coefficient (Wildman–Crippen LogP) is 4.38. The summed E-state index contributed by atoms with van der Waals surface area (Å²) in [5.41, 5.74) is 1.32. The Kier molecular flexibility index (Phi) is 6.16. The number of piperidine rings is 1. The molecule has 132 valence electrons. The summed E-state index contributed by atoms with van der Waals surface area (Å²) in [5, 5.41) is 0. The number of carbonyl (C=O) groups excluding carboxylic acids is 1. The minimum atomic E-state index is -0.124. The van der Waals surface area contributed by atoms with Gasteiger partial charge >= 0.3 is 5.97 Å². The SMILES string of the molecule is COC(=O)CC1(Sc2ccccc2)CCCN(Cc2ccccc2)C1. The van der Waals surface area contributed by atoms with Gasteiger partial charge in [-0.05, 0) is 37.1 Å². The van der Waals surface area contributed by atoms with Gasteiger partial charge in [-0.15, -0.1) is 11.8 Å². The van der Waals surface area contributed by atoms with Gasteiger partial charge in [0, 0.05) is 22.7 Å². The first-order valence-electron chi connectivity index (χ1n) is 8.76. The van der Waals surface area contributed by atoms with E-state index >= 15 is 0 Å². The fourth-order valence-corrected chi connectivity index (χ4v) is 4.98. The highest BCUT2D eigenvalue weighted by Gasteiger charge is 2.38. The number of thioether (sulfide) groups is 1. The van der Waals surface area contributed by atoms with Gasteiger partial charge in [-0.25, -0.2) is 0 Å². The number of carbonyl (C=O) groups is 1. The third kappa shape index (κ3) is 5.10. The molecule has 0 radical (unpaired) electrons. The van der Waals surface area contributed by atoms with E-state index in [0.29, 0.717) is 6.42 Å². The summed E-state index contributed by atoms with van der Waals surface area (Å²) >= 11 is 1.83. The molecule has 1 saturated heterocycles. The topological polar surface area (TPSA) is 29.5 Å². The Hall–Kier alpha value is -1.78. The molecule has 4 heteroatoms. The molecule has 0 amide bonds. The van der Waals surface area contributed by atoms with Crippen LogP contribution in [-0.4, -0.2) is 35.8 Å². The number of nitrogens with zero attached hydrogens (tertiary/aromatic N) is 1. The Morgan fingerprint density at radius 3 is 2.48 bits per heavy atom. The van der Waals surface area contributed by atoms with Crippen LogP contribution < -0.4 is 0 Å². The fourth-order valence-electron chi connectivity index (χ4n) is 3.50. The first kappa shape index (κ1) is 18.0. The summed E-state index contributed by atoms with van der Waals surface area (Å²) in [7, 11) is 1.48. The van der Waals surface area contributed by atoms with E-state index in [0.717, 1.165) is 32.5 Å². The van der Waals surface area contributed by atoms with Crippen molar-refractivity contribution in [3.05, 3.63) is 66.2 Å². The van der Waals surface area contributed by atoms with E-state index in [1.807, 2.05) is 23.9 Å². The van der Waals surface area contributed by atoms with Crippen LogP contribution in [0.1, 0.15) is 24.8 Å². The molecule has 0 saturated carbocycles. The summed E-state index contributed by atoms with van der Waals surface area (Å²) in [4.78, 5) is 15.8. The van der Waals surface area contributed by atoms with Crippen molar-refractivity contribution in [3.63, 3.8) is 0 Å². The number of esters is 1. The van der Waals surface area contributed by atoms with Crippen LogP contribution in [0.25, 0.3) is 0 Å². The molecule has 0 N–H and O–H groups in total. The smallest absolute Gasteiger partial charge is 0.306 e. The molecule has 1 fully saturated rings. The van der Waals surface area contributed by atoms with E-state index in [1.165, 1.54) is 17.6 Å². The highest BCUT2D eigenvalue weighted by atomic mass is 32.2. The van der Waals surface area contributed by atoms with Crippen molar-refractivity contribution < 1.29 is 9.53 Å². The van der Waals surface area contributed by atoms with Crippen molar-refractivity contribution in [1.29, 1.82) is 0 Å². The Morgan fingerprint density at radius 2 is 1.80 bits per heavy atom. The Bertz CT molecular complexity index is 677. The van der Waals surface area contributed by atoms with Gasteiger partial charge in [0.1, 0.15) is 0 Å². The largest absolute Gasteiger partial charge is 0.469 e. The molecule has 25 heavy (non-hydrogen) atoms. The molecule has 1 aliphatic rings. The lowest BCUT2D eigenvalue weighted by Crippen LogP contribution is -2.46. The molecule has 1 unspecified atom stereocenters. The molecule has 0 aliphatic carbocycles. The summed E-state index contributed by atoms with van der Waals surface area (Å²) in [6.45, 7) is 2.91. The van der Waals surface area contributed by atoms with Gasteiger partial charge in [0.15, 0.2) is 0 Å². The van der Waals surface area contributed by atoms with Crippen LogP contribution >= 0.6 is 11.8 Å². The number of likely N-dealkylation sites (tertiary alicyclic amines) is 1. The van der Waals surface area contributed by atoms with Gasteiger partial charge in [-0.3, -0.25) is 9.69 Å². The maximum Gasteiger partial charge on any atom is 0.306 e. The second kappa shape index (κ2) is 8.54. The molecule has 1 atom stereocenters. The molecule has 1 heterocycles. The van der Waals surface area contributed by atoms with E-state index in [9.17, 15) is 4.79 Å². The minimum Gasteiger partial charge on any atom is -0.469 e. The van der Waals surface area contributed by atoms with Gasteiger partial charge in [0.2, 0.25) is 0 Å². The molecule has 1 aliphatic heterocycles. The lowest BCUT2D eigenvalue weighted by Gasteiger charge is -2.42. The molecule has 0 bridgehead atoms. The molecular formula is C21H25NO2S. The number of methoxy groups -OCH3 is 1. The van der Waals surface area contributed by atoms with Crippen molar-refractivity contribution in [2.75, 3.05) is 20.2 Å². The zero-order valence-electron chi connectivity index (χ0n) is 14.7. The van der Waals surface area contributed by atoms with Gasteiger partial charge < -0.3 is 4.74 Å². The molecular weight excluding hydrogens is 330 g/mol. The average Bonchev–Trinajstić information content (AvgIpc) is 2.63. The van der Waals surface area contributed by atoms with Crippen molar-refractivity contribution in [3.8, 4) is 0 Å². The van der Waals surface area contributed by atoms with Crippen LogP contribution in [-0.2, 0) is 16.1 Å². The number of benzene rings is 2. The van der Waals surface area contributed by atoms with Crippen LogP contribution in [0.3, 0.4) is 0 Å². The first-order chi connectivity index (χ1) is 12.2. The maximum atomic E-state index is 12.1. The van der Waals surface area contributed by atoms with Crippen molar-refractivity contribution >= 4 is 17.7 Å². The molecule has 3 rings (SSSR count). The highest BCUT2D eigenvalue weighted by molar-refractivity contribution is 8.00. The van der Waals surface area contributed by atoms with Crippen LogP contribution in [0.5, 0.6) is 0 Å². The van der Waals surface area contributed by atoms with Crippen molar-refractivity contribution in [2.45, 2.75) is 35.4 Å². The predicted molar refractivity (Wildman–Crippen MR) is 103 cm³/mol. The molecule has 3 nitrogen and oxygen atoms in total. The first-order valence-corrected chi connectivity index (χ1v) is 9.58. The molecule has 2 aromatic rings. The number of hydrogen-bond acceptors (Lipinski definition) is 4. The normalized spacial score (nSPS) is 21.0. The van der Waals surface area contributed by atoms with E-state index in [1.54, 1.807) is 0 Å². The second-order valence-electron chi connectivity index (χ2n) is 6.65. The van der Waals surface area contributed by atoms with E-state index in [-0.39, 0.29) is 10.7 Å². The van der Waals surface area contributed by atoms with Gasteiger partial charge in [-0.2, -0.15) is 0 Å². The lowest BCUT2D eigenvalue weighted by molar-refractivity contribution is -0.141. The lowest BCUT2D eigenvalue weighted by atomic mass is 9.93. The summed E-state index contributed by atoms with van der Waals surface area (Å²) < 4.78 is 4.87. The molecule has 0 aromatic heterocycles. The monoisotopic (exact) mass is 355 g/mol. The molecule has 0 spiro atoms. The highest BCUT2D eigenvalue weighted by Crippen LogP contribution is 2.42. The summed E-state index contributed by atoms with van der Waals surface area (Å²) in [5.74, 6) is -0.120. The van der Waals surface area contributed by atoms with Crippen LogP contribution in [0.2, 0.25) is 0 Å². The number of rotatable bonds is 6. The average molecular weight is 356 g/mol. The minimum absolute atomic E-state index is 0.120. The van der Waals surface area contributed by atoms with E-state index in [2.05, 4.69) is 53.4 Å². The Morgan fingerprint density at radius 1 is 1.12 bits per heavy atom. The maximum absolute atomic E-state index is 12.1. The summed E-state index contributed by atoms with van der Waals surface area (Å²) in [6.07, 6.45) is 2.59. The third-order valence-electron chi connectivity index (χ3n) is 4.64.